The van der Waals surface area contributed by atoms with Crippen LogP contribution in [0.4, 0.5) is 5.69 Å². The second kappa shape index (κ2) is 8.28. The van der Waals surface area contributed by atoms with Crippen LogP contribution in [0.2, 0.25) is 0 Å². The molecule has 1 aliphatic carbocycles. The van der Waals surface area contributed by atoms with E-state index in [1.807, 2.05) is 0 Å². The van der Waals surface area contributed by atoms with Crippen molar-refractivity contribution in [1.82, 2.24) is 0 Å². The fourth-order valence-corrected chi connectivity index (χ4v) is 5.42. The maximum absolute atomic E-state index is 2.66. The van der Waals surface area contributed by atoms with Crippen LogP contribution in [0, 0.1) is 17.8 Å². The van der Waals surface area contributed by atoms with Gasteiger partial charge in [0.15, 0.2) is 5.54 Å². The highest BCUT2D eigenvalue weighted by atomic mass is 15.1. The van der Waals surface area contributed by atoms with Crippen molar-refractivity contribution in [1.29, 1.82) is 0 Å². The molecule has 2 rings (SSSR count). The van der Waals surface area contributed by atoms with Gasteiger partial charge in [-0.25, -0.2) is 0 Å². The first-order valence-corrected chi connectivity index (χ1v) is 10.8. The zero-order valence-corrected chi connectivity index (χ0v) is 18.8. The molecule has 0 saturated heterocycles. The fourth-order valence-electron chi connectivity index (χ4n) is 5.42. The van der Waals surface area contributed by atoms with Gasteiger partial charge in [-0.3, -0.25) is 0 Å². The van der Waals surface area contributed by atoms with Crippen molar-refractivity contribution < 1.29 is 4.58 Å². The minimum absolute atomic E-state index is 0.216. The first kappa shape index (κ1) is 21.2. The lowest BCUT2D eigenvalue weighted by molar-refractivity contribution is -0.536. The highest BCUT2D eigenvalue weighted by Crippen LogP contribution is 2.46. The van der Waals surface area contributed by atoms with Crippen LogP contribution in [0.5, 0.6) is 0 Å². The zero-order valence-electron chi connectivity index (χ0n) is 18.8. The quantitative estimate of drug-likeness (QED) is 0.379. The van der Waals surface area contributed by atoms with E-state index in [0.29, 0.717) is 11.8 Å². The maximum atomic E-state index is 2.66. The molecule has 0 spiro atoms. The van der Waals surface area contributed by atoms with Gasteiger partial charge in [0.25, 0.3) is 0 Å². The predicted octanol–water partition coefficient (Wildman–Crippen LogP) is 7.52. The molecule has 1 aromatic rings. The Labute approximate surface area is 162 Å². The number of nitrogens with zero attached hydrogens (tertiary/aromatic N) is 1. The van der Waals surface area contributed by atoms with Gasteiger partial charge in [-0.1, -0.05) is 66.7 Å². The summed E-state index contributed by atoms with van der Waals surface area (Å²) >= 11 is 0. The van der Waals surface area contributed by atoms with Crippen molar-refractivity contribution in [2.24, 2.45) is 17.8 Å². The molecule has 2 unspecified atom stereocenters. The molecule has 0 bridgehead atoms. The van der Waals surface area contributed by atoms with E-state index in [-0.39, 0.29) is 5.54 Å². The van der Waals surface area contributed by atoms with Gasteiger partial charge in [0, 0.05) is 37.8 Å². The monoisotopic (exact) mass is 356 g/mol. The normalized spacial score (nSPS) is 27.6. The standard InChI is InChI=1S/C25H42N/c1-10-26(25(9)15-14-21(17(2)3)20(8)16-25)24-22(18(4)5)12-11-13-23(24)19(6)7/h10-13,17-21H,14-16H2,1-9H3/q+1/t20-,21?,25?/m0/s1. The van der Waals surface area contributed by atoms with Gasteiger partial charge >= 0.3 is 0 Å². The Hall–Kier alpha value is -1.11. The molecule has 1 heteroatoms. The summed E-state index contributed by atoms with van der Waals surface area (Å²) in [4.78, 5) is 0. The van der Waals surface area contributed by atoms with E-state index < -0.39 is 0 Å². The number of benzene rings is 1. The first-order chi connectivity index (χ1) is 12.1. The molecule has 1 aliphatic rings. The molecule has 0 aromatic heterocycles. The minimum atomic E-state index is 0.216. The van der Waals surface area contributed by atoms with E-state index in [9.17, 15) is 0 Å². The van der Waals surface area contributed by atoms with Crippen molar-refractivity contribution in [3.05, 3.63) is 29.3 Å². The van der Waals surface area contributed by atoms with E-state index >= 15 is 0 Å². The van der Waals surface area contributed by atoms with Crippen LogP contribution in [0.3, 0.4) is 0 Å². The third kappa shape index (κ3) is 4.07. The molecule has 1 fully saturated rings. The van der Waals surface area contributed by atoms with Crippen molar-refractivity contribution in [3.8, 4) is 0 Å². The molecular weight excluding hydrogens is 314 g/mol. The minimum Gasteiger partial charge on any atom is -0.197 e. The number of hydrogen-bond donors (Lipinski definition) is 0. The van der Waals surface area contributed by atoms with Gasteiger partial charge < -0.3 is 0 Å². The lowest BCUT2D eigenvalue weighted by Crippen LogP contribution is -2.45. The third-order valence-corrected chi connectivity index (χ3v) is 6.79. The van der Waals surface area contributed by atoms with Crippen molar-refractivity contribution >= 4 is 11.9 Å². The molecule has 3 atom stereocenters. The first-order valence-electron chi connectivity index (χ1n) is 10.8. The molecule has 0 radical (unpaired) electrons. The molecule has 1 aromatic carbocycles. The molecule has 26 heavy (non-hydrogen) atoms. The maximum Gasteiger partial charge on any atom is 0.212 e. The number of hydrogen-bond acceptors (Lipinski definition) is 0. The summed E-state index contributed by atoms with van der Waals surface area (Å²) in [5, 5.41) is 0. The Morgan fingerprint density at radius 2 is 1.58 bits per heavy atom. The Balaban J connectivity index is 2.53. The summed E-state index contributed by atoms with van der Waals surface area (Å²) in [6, 6.07) is 6.94. The molecule has 1 saturated carbocycles. The third-order valence-electron chi connectivity index (χ3n) is 6.79. The van der Waals surface area contributed by atoms with Gasteiger partial charge in [0.2, 0.25) is 5.69 Å². The van der Waals surface area contributed by atoms with Crippen LogP contribution < -0.4 is 0 Å². The van der Waals surface area contributed by atoms with E-state index in [1.165, 1.54) is 36.1 Å². The molecule has 0 heterocycles. The molecule has 146 valence electrons. The summed E-state index contributed by atoms with van der Waals surface area (Å²) in [6.45, 7) is 21.3. The van der Waals surface area contributed by atoms with Gasteiger partial charge in [-0.05, 0) is 36.0 Å². The van der Waals surface area contributed by atoms with E-state index in [2.05, 4.69) is 91.3 Å². The predicted molar refractivity (Wildman–Crippen MR) is 116 cm³/mol. The van der Waals surface area contributed by atoms with E-state index in [4.69, 9.17) is 0 Å². The average Bonchev–Trinajstić information content (AvgIpc) is 2.54. The van der Waals surface area contributed by atoms with Gasteiger partial charge in [-0.15, -0.1) is 0 Å². The topological polar surface area (TPSA) is 3.01 Å². The number of para-hydroxylation sites is 1. The van der Waals surface area contributed by atoms with E-state index in [0.717, 1.165) is 17.8 Å². The number of rotatable bonds is 5. The largest absolute Gasteiger partial charge is 0.212 e. The van der Waals surface area contributed by atoms with E-state index in [1.54, 1.807) is 0 Å². The Kier molecular flexibility index (Phi) is 6.75. The summed E-state index contributed by atoms with van der Waals surface area (Å²) in [5.41, 5.74) is 4.69. The van der Waals surface area contributed by atoms with Gasteiger partial charge in [-0.2, -0.15) is 4.58 Å². The van der Waals surface area contributed by atoms with Gasteiger partial charge in [0.05, 0.1) is 0 Å². The van der Waals surface area contributed by atoms with Crippen LogP contribution in [-0.4, -0.2) is 16.3 Å². The lowest BCUT2D eigenvalue weighted by Gasteiger charge is -2.41. The fraction of sp³-hybridized carbons (Fsp3) is 0.720. The second-order valence-corrected chi connectivity index (χ2v) is 9.85. The summed E-state index contributed by atoms with van der Waals surface area (Å²) in [6.07, 6.45) is 6.27. The Morgan fingerprint density at radius 1 is 1.04 bits per heavy atom. The van der Waals surface area contributed by atoms with Crippen molar-refractivity contribution in [2.75, 3.05) is 0 Å². The summed E-state index contributed by atoms with van der Waals surface area (Å²) < 4.78 is 2.66. The molecule has 0 amide bonds. The Morgan fingerprint density at radius 3 is 1.96 bits per heavy atom. The van der Waals surface area contributed by atoms with Crippen molar-refractivity contribution in [3.63, 3.8) is 0 Å². The SMILES string of the molecule is CC=[N+](c1c(C(C)C)cccc1C(C)C)C1(C)CCC(C(C)C)[C@@H](C)C1. The van der Waals surface area contributed by atoms with Crippen LogP contribution in [0.15, 0.2) is 18.2 Å². The average molecular weight is 357 g/mol. The molecule has 1 nitrogen and oxygen atoms in total. The van der Waals surface area contributed by atoms with Crippen LogP contribution >= 0.6 is 0 Å². The van der Waals surface area contributed by atoms with Crippen LogP contribution in [0.1, 0.15) is 105 Å². The van der Waals surface area contributed by atoms with Crippen molar-refractivity contribution in [2.45, 2.75) is 99.0 Å². The van der Waals surface area contributed by atoms with Gasteiger partial charge in [0.1, 0.15) is 6.21 Å². The molecule has 0 aliphatic heterocycles. The second-order valence-electron chi connectivity index (χ2n) is 9.85. The van der Waals surface area contributed by atoms with Crippen LogP contribution in [-0.2, 0) is 0 Å². The highest BCUT2D eigenvalue weighted by molar-refractivity contribution is 5.57. The molecule has 0 N–H and O–H groups in total. The zero-order chi connectivity index (χ0) is 19.6. The summed E-state index contributed by atoms with van der Waals surface area (Å²) in [7, 11) is 0. The summed E-state index contributed by atoms with van der Waals surface area (Å²) in [5.74, 6) is 3.53. The lowest BCUT2D eigenvalue weighted by atomic mass is 9.67. The van der Waals surface area contributed by atoms with Crippen LogP contribution in [0.25, 0.3) is 0 Å². The Bertz CT molecular complexity index is 611. The smallest absolute Gasteiger partial charge is 0.197 e. The molecular formula is C25H42N+. The highest BCUT2D eigenvalue weighted by Gasteiger charge is 2.46.